The molecule has 20 heavy (non-hydrogen) atoms. The van der Waals surface area contributed by atoms with E-state index in [0.717, 1.165) is 31.5 Å². The van der Waals surface area contributed by atoms with E-state index in [1.807, 2.05) is 24.0 Å². The number of carbonyl (C=O) groups is 1. The van der Waals surface area contributed by atoms with Crippen molar-refractivity contribution in [2.24, 2.45) is 0 Å². The predicted octanol–water partition coefficient (Wildman–Crippen LogP) is 3.52. The molecule has 0 unspecified atom stereocenters. The van der Waals surface area contributed by atoms with E-state index in [9.17, 15) is 4.79 Å². The zero-order valence-corrected chi connectivity index (χ0v) is 13.5. The monoisotopic (exact) mass is 334 g/mol. The number of nitrogens with zero attached hydrogens (tertiary/aromatic N) is 1. The lowest BCUT2D eigenvalue weighted by Crippen LogP contribution is -2.54. The highest BCUT2D eigenvalue weighted by molar-refractivity contribution is 6.68. The minimum absolute atomic E-state index is 0.228. The molecule has 0 saturated carbocycles. The summed E-state index contributed by atoms with van der Waals surface area (Å²) in [7, 11) is 0. The number of alkyl halides is 3. The summed E-state index contributed by atoms with van der Waals surface area (Å²) in [5.74, 6) is -0.228. The maximum atomic E-state index is 12.3. The number of carbonyl (C=O) groups excluding carboxylic acids is 1. The highest BCUT2D eigenvalue weighted by atomic mass is 35.6. The number of halogens is 3. The predicted molar refractivity (Wildman–Crippen MR) is 83.5 cm³/mol. The smallest absolute Gasteiger partial charge is 0.252 e. The molecule has 1 aliphatic heterocycles. The lowest BCUT2D eigenvalue weighted by Gasteiger charge is -2.33. The number of nitrogens with one attached hydrogen (secondary N) is 1. The number of amides is 1. The van der Waals surface area contributed by atoms with E-state index in [4.69, 9.17) is 34.8 Å². The second-order valence-electron chi connectivity index (χ2n) is 5.03. The van der Waals surface area contributed by atoms with Crippen LogP contribution in [0.25, 0.3) is 0 Å². The maximum absolute atomic E-state index is 12.3. The number of hydrogen-bond acceptors (Lipinski definition) is 2. The topological polar surface area (TPSA) is 32.3 Å². The molecule has 0 aliphatic carbocycles. The van der Waals surface area contributed by atoms with Gasteiger partial charge in [-0.1, -0.05) is 52.5 Å². The van der Waals surface area contributed by atoms with Crippen molar-refractivity contribution in [1.29, 1.82) is 0 Å². The van der Waals surface area contributed by atoms with Gasteiger partial charge in [-0.3, -0.25) is 9.69 Å². The SMILES string of the molecule is Cc1ccc(C(=O)N[C@@H](N2CCCC2)C(Cl)(Cl)Cl)cc1. The summed E-state index contributed by atoms with van der Waals surface area (Å²) in [4.78, 5) is 14.3. The first-order valence-corrected chi connectivity index (χ1v) is 7.69. The molecule has 1 aromatic carbocycles. The molecule has 3 nitrogen and oxygen atoms in total. The van der Waals surface area contributed by atoms with Crippen LogP contribution in [0.2, 0.25) is 0 Å². The summed E-state index contributed by atoms with van der Waals surface area (Å²) in [6, 6.07) is 7.30. The van der Waals surface area contributed by atoms with Crippen molar-refractivity contribution in [3.63, 3.8) is 0 Å². The molecule has 6 heteroatoms. The molecule has 1 aliphatic rings. The third-order valence-corrected chi connectivity index (χ3v) is 4.02. The zero-order chi connectivity index (χ0) is 14.8. The second-order valence-corrected chi connectivity index (χ2v) is 7.40. The van der Waals surface area contributed by atoms with Crippen molar-refractivity contribution in [3.8, 4) is 0 Å². The van der Waals surface area contributed by atoms with Gasteiger partial charge < -0.3 is 5.32 Å². The third kappa shape index (κ3) is 4.01. The largest absolute Gasteiger partial charge is 0.332 e. The Balaban J connectivity index is 2.11. The second kappa shape index (κ2) is 6.52. The van der Waals surface area contributed by atoms with Gasteiger partial charge in [-0.2, -0.15) is 0 Å². The maximum Gasteiger partial charge on any atom is 0.252 e. The molecular weight excluding hydrogens is 319 g/mol. The van der Waals surface area contributed by atoms with Gasteiger partial charge in [0.1, 0.15) is 6.17 Å². The van der Waals surface area contributed by atoms with Crippen molar-refractivity contribution in [3.05, 3.63) is 35.4 Å². The molecule has 2 rings (SSSR count). The summed E-state index contributed by atoms with van der Waals surface area (Å²) < 4.78 is -1.55. The molecule has 0 spiro atoms. The Hall–Kier alpha value is -0.480. The quantitative estimate of drug-likeness (QED) is 0.857. The van der Waals surface area contributed by atoms with E-state index in [-0.39, 0.29) is 5.91 Å². The fourth-order valence-electron chi connectivity index (χ4n) is 2.29. The molecule has 1 saturated heterocycles. The van der Waals surface area contributed by atoms with Crippen LogP contribution in [0, 0.1) is 6.92 Å². The van der Waals surface area contributed by atoms with Gasteiger partial charge in [0, 0.05) is 18.7 Å². The Bertz CT molecular complexity index is 464. The molecular formula is C14H17Cl3N2O. The molecule has 1 atom stereocenters. The lowest BCUT2D eigenvalue weighted by molar-refractivity contribution is 0.0874. The average molecular weight is 336 g/mol. The van der Waals surface area contributed by atoms with Crippen molar-refractivity contribution in [2.45, 2.75) is 29.7 Å². The average Bonchev–Trinajstić information content (AvgIpc) is 2.88. The highest BCUT2D eigenvalue weighted by Gasteiger charge is 2.39. The molecule has 0 aromatic heterocycles. The number of benzene rings is 1. The summed E-state index contributed by atoms with van der Waals surface area (Å²) >= 11 is 18.0. The van der Waals surface area contributed by atoms with Crippen molar-refractivity contribution in [2.75, 3.05) is 13.1 Å². The fraction of sp³-hybridized carbons (Fsp3) is 0.500. The highest BCUT2D eigenvalue weighted by Crippen LogP contribution is 2.33. The van der Waals surface area contributed by atoms with Gasteiger partial charge in [-0.15, -0.1) is 0 Å². The van der Waals surface area contributed by atoms with Gasteiger partial charge in [0.2, 0.25) is 3.79 Å². The number of aryl methyl sites for hydroxylation is 1. The first-order valence-electron chi connectivity index (χ1n) is 6.56. The van der Waals surface area contributed by atoms with Crippen LogP contribution in [-0.2, 0) is 0 Å². The number of rotatable bonds is 3. The first-order chi connectivity index (χ1) is 9.38. The fourth-order valence-corrected chi connectivity index (χ4v) is 2.87. The Labute approximate surface area is 134 Å². The van der Waals surface area contributed by atoms with Crippen LogP contribution in [-0.4, -0.2) is 33.9 Å². The Morgan fingerprint density at radius 2 is 1.75 bits per heavy atom. The summed E-state index contributed by atoms with van der Waals surface area (Å²) in [6.07, 6.45) is 1.50. The minimum Gasteiger partial charge on any atom is -0.332 e. The van der Waals surface area contributed by atoms with Crippen LogP contribution in [0.15, 0.2) is 24.3 Å². The summed E-state index contributed by atoms with van der Waals surface area (Å²) in [6.45, 7) is 3.62. The molecule has 1 N–H and O–H groups in total. The zero-order valence-electron chi connectivity index (χ0n) is 11.2. The molecule has 0 bridgehead atoms. The van der Waals surface area contributed by atoms with Crippen LogP contribution < -0.4 is 5.32 Å². The lowest BCUT2D eigenvalue weighted by atomic mass is 10.1. The van der Waals surface area contributed by atoms with Gasteiger partial charge in [0.25, 0.3) is 5.91 Å². The van der Waals surface area contributed by atoms with E-state index < -0.39 is 9.96 Å². The van der Waals surface area contributed by atoms with Crippen LogP contribution in [0.3, 0.4) is 0 Å². The number of hydrogen-bond donors (Lipinski definition) is 1. The first kappa shape index (κ1) is 15.9. The normalized spacial score (nSPS) is 18.0. The van der Waals surface area contributed by atoms with Crippen LogP contribution in [0.1, 0.15) is 28.8 Å². The molecule has 1 amide bonds. The van der Waals surface area contributed by atoms with E-state index in [2.05, 4.69) is 5.32 Å². The third-order valence-electron chi connectivity index (χ3n) is 3.40. The molecule has 0 radical (unpaired) electrons. The van der Waals surface area contributed by atoms with Gasteiger partial charge in [0.15, 0.2) is 0 Å². The molecule has 1 fully saturated rings. The van der Waals surface area contributed by atoms with Crippen LogP contribution in [0.4, 0.5) is 0 Å². The van der Waals surface area contributed by atoms with E-state index in [1.54, 1.807) is 12.1 Å². The van der Waals surface area contributed by atoms with Gasteiger partial charge in [-0.25, -0.2) is 0 Å². The van der Waals surface area contributed by atoms with Crippen molar-refractivity contribution < 1.29 is 4.79 Å². The van der Waals surface area contributed by atoms with Crippen molar-refractivity contribution >= 4 is 40.7 Å². The van der Waals surface area contributed by atoms with Gasteiger partial charge in [-0.05, 0) is 31.9 Å². The van der Waals surface area contributed by atoms with E-state index in [1.165, 1.54) is 0 Å². The van der Waals surface area contributed by atoms with E-state index >= 15 is 0 Å². The molecule has 110 valence electrons. The van der Waals surface area contributed by atoms with Crippen LogP contribution >= 0.6 is 34.8 Å². The minimum atomic E-state index is -1.55. The molecule has 1 aromatic rings. The van der Waals surface area contributed by atoms with Crippen LogP contribution in [0.5, 0.6) is 0 Å². The van der Waals surface area contributed by atoms with Crippen molar-refractivity contribution in [1.82, 2.24) is 10.2 Å². The summed E-state index contributed by atoms with van der Waals surface area (Å²) in [5.41, 5.74) is 1.66. The Morgan fingerprint density at radius 3 is 2.25 bits per heavy atom. The standard InChI is InChI=1S/C14H17Cl3N2O/c1-10-4-6-11(7-5-10)12(20)18-13(14(15,16)17)19-8-2-3-9-19/h4-7,13H,2-3,8-9H2,1H3,(H,18,20)/t13-/m0/s1. The Morgan fingerprint density at radius 1 is 1.20 bits per heavy atom. The van der Waals surface area contributed by atoms with Gasteiger partial charge >= 0.3 is 0 Å². The van der Waals surface area contributed by atoms with Gasteiger partial charge in [0.05, 0.1) is 0 Å². The molecule has 1 heterocycles. The summed E-state index contributed by atoms with van der Waals surface area (Å²) in [5, 5.41) is 2.83. The van der Waals surface area contributed by atoms with E-state index in [0.29, 0.717) is 5.56 Å². The Kier molecular flexibility index (Phi) is 5.19. The number of likely N-dealkylation sites (tertiary alicyclic amines) is 1.